The van der Waals surface area contributed by atoms with E-state index in [9.17, 15) is 20.1 Å². The predicted molar refractivity (Wildman–Crippen MR) is 138 cm³/mol. The summed E-state index contributed by atoms with van der Waals surface area (Å²) in [5.74, 6) is -0.980. The van der Waals surface area contributed by atoms with E-state index >= 15 is 0 Å². The molecule has 2 aromatic rings. The summed E-state index contributed by atoms with van der Waals surface area (Å²) >= 11 is 0. The SMILES string of the molecule is CCOC(=O)C1=CN2[C@H](C=C1)[C@H](C(=C(C#N)C#N)C1CC1)[C@H](c1ccccc1)[C@@H]2C(=O)c1ccccc1. The van der Waals surface area contributed by atoms with Crippen molar-refractivity contribution in [2.45, 2.75) is 37.8 Å². The normalized spacial score (nSPS) is 23.8. The van der Waals surface area contributed by atoms with Gasteiger partial charge in [-0.15, -0.1) is 0 Å². The molecule has 0 radical (unpaired) electrons. The number of allylic oxidation sites excluding steroid dienone is 1. The van der Waals surface area contributed by atoms with Crippen LogP contribution < -0.4 is 0 Å². The molecular weight excluding hydrogens is 462 g/mol. The van der Waals surface area contributed by atoms with Crippen LogP contribution in [0.3, 0.4) is 0 Å². The van der Waals surface area contributed by atoms with Gasteiger partial charge >= 0.3 is 5.97 Å². The number of rotatable bonds is 7. The number of ketones is 1. The van der Waals surface area contributed by atoms with Crippen molar-refractivity contribution >= 4 is 11.8 Å². The quantitative estimate of drug-likeness (QED) is 0.305. The van der Waals surface area contributed by atoms with Crippen LogP contribution >= 0.6 is 0 Å². The molecule has 0 amide bonds. The van der Waals surface area contributed by atoms with E-state index in [1.165, 1.54) is 0 Å². The third-order valence-electron chi connectivity index (χ3n) is 7.43. The number of nitrogens with zero attached hydrogens (tertiary/aromatic N) is 3. The first kappa shape index (κ1) is 24.3. The highest BCUT2D eigenvalue weighted by atomic mass is 16.5. The summed E-state index contributed by atoms with van der Waals surface area (Å²) in [6.45, 7) is 2.00. The maximum absolute atomic E-state index is 14.2. The van der Waals surface area contributed by atoms with Crippen LogP contribution in [-0.2, 0) is 9.53 Å². The number of fused-ring (bicyclic) bond motifs is 1. The molecule has 2 heterocycles. The summed E-state index contributed by atoms with van der Waals surface area (Å²) < 4.78 is 5.25. The van der Waals surface area contributed by atoms with Gasteiger partial charge in [-0.2, -0.15) is 10.5 Å². The molecule has 0 spiro atoms. The molecule has 0 bridgehead atoms. The molecule has 184 valence electrons. The minimum atomic E-state index is -0.637. The van der Waals surface area contributed by atoms with Gasteiger partial charge in [-0.3, -0.25) is 4.79 Å². The Morgan fingerprint density at radius 2 is 1.65 bits per heavy atom. The number of carbonyl (C=O) groups is 2. The Morgan fingerprint density at radius 3 is 2.24 bits per heavy atom. The molecular formula is C31H27N3O3. The van der Waals surface area contributed by atoms with Crippen molar-refractivity contribution < 1.29 is 14.3 Å². The topological polar surface area (TPSA) is 94.2 Å². The summed E-state index contributed by atoms with van der Waals surface area (Å²) in [6, 6.07) is 22.3. The third kappa shape index (κ3) is 4.47. The first-order valence-corrected chi connectivity index (χ1v) is 12.6. The molecule has 37 heavy (non-hydrogen) atoms. The average Bonchev–Trinajstić information content (AvgIpc) is 3.73. The van der Waals surface area contributed by atoms with E-state index in [0.717, 1.165) is 24.0 Å². The van der Waals surface area contributed by atoms with Gasteiger partial charge in [-0.05, 0) is 42.9 Å². The molecule has 2 fully saturated rings. The fourth-order valence-electron chi connectivity index (χ4n) is 5.80. The van der Waals surface area contributed by atoms with Crippen LogP contribution in [-0.4, -0.2) is 35.3 Å². The van der Waals surface area contributed by atoms with Crippen molar-refractivity contribution in [3.63, 3.8) is 0 Å². The maximum atomic E-state index is 14.2. The molecule has 1 aliphatic carbocycles. The van der Waals surface area contributed by atoms with Crippen molar-refractivity contribution in [2.75, 3.05) is 6.61 Å². The van der Waals surface area contributed by atoms with E-state index in [2.05, 4.69) is 12.1 Å². The second-order valence-corrected chi connectivity index (χ2v) is 9.57. The van der Waals surface area contributed by atoms with Gasteiger partial charge in [0.05, 0.1) is 24.3 Å². The second-order valence-electron chi connectivity index (χ2n) is 9.57. The Morgan fingerprint density at radius 1 is 1.00 bits per heavy atom. The van der Waals surface area contributed by atoms with Gasteiger partial charge < -0.3 is 9.64 Å². The number of benzene rings is 2. The van der Waals surface area contributed by atoms with Gasteiger partial charge in [-0.1, -0.05) is 66.7 Å². The van der Waals surface area contributed by atoms with Crippen LogP contribution in [0.1, 0.15) is 41.6 Å². The number of carbonyl (C=O) groups excluding carboxylic acids is 2. The molecule has 6 heteroatoms. The highest BCUT2D eigenvalue weighted by Crippen LogP contribution is 2.54. The van der Waals surface area contributed by atoms with Gasteiger partial charge in [0.1, 0.15) is 17.7 Å². The number of esters is 1. The monoisotopic (exact) mass is 489 g/mol. The maximum Gasteiger partial charge on any atom is 0.339 e. The Balaban J connectivity index is 1.73. The van der Waals surface area contributed by atoms with Crippen LogP contribution in [0.5, 0.6) is 0 Å². The Labute approximate surface area is 216 Å². The van der Waals surface area contributed by atoms with Gasteiger partial charge in [0.15, 0.2) is 5.78 Å². The summed E-state index contributed by atoms with van der Waals surface area (Å²) in [4.78, 5) is 28.8. The summed E-state index contributed by atoms with van der Waals surface area (Å²) in [7, 11) is 0. The number of Topliss-reactive ketones (excluding diaryl/α,β-unsaturated/α-hetero) is 1. The summed E-state index contributed by atoms with van der Waals surface area (Å²) in [6.07, 6.45) is 7.23. The lowest BCUT2D eigenvalue weighted by Crippen LogP contribution is -2.40. The van der Waals surface area contributed by atoms with Crippen molar-refractivity contribution in [1.82, 2.24) is 4.90 Å². The van der Waals surface area contributed by atoms with Crippen LogP contribution in [0.15, 0.2) is 95.7 Å². The molecule has 2 aliphatic heterocycles. The van der Waals surface area contributed by atoms with E-state index in [4.69, 9.17) is 4.74 Å². The predicted octanol–water partition coefficient (Wildman–Crippen LogP) is 5.09. The van der Waals surface area contributed by atoms with Crippen molar-refractivity contribution in [3.05, 3.63) is 107 Å². The number of hydrogen-bond donors (Lipinski definition) is 0. The fraction of sp³-hybridized carbons (Fsp3) is 0.290. The lowest BCUT2D eigenvalue weighted by atomic mass is 9.73. The lowest BCUT2D eigenvalue weighted by molar-refractivity contribution is -0.138. The minimum absolute atomic E-state index is 0.0673. The molecule has 3 aliphatic rings. The van der Waals surface area contributed by atoms with Gasteiger partial charge in [0, 0.05) is 23.6 Å². The van der Waals surface area contributed by atoms with E-state index in [1.54, 1.807) is 31.3 Å². The lowest BCUT2D eigenvalue weighted by Gasteiger charge is -2.31. The zero-order valence-corrected chi connectivity index (χ0v) is 20.6. The van der Waals surface area contributed by atoms with E-state index in [1.807, 2.05) is 59.5 Å². The van der Waals surface area contributed by atoms with Crippen molar-refractivity contribution in [2.24, 2.45) is 11.8 Å². The third-order valence-corrected chi connectivity index (χ3v) is 7.43. The van der Waals surface area contributed by atoms with Crippen LogP contribution in [0, 0.1) is 34.5 Å². The molecule has 5 rings (SSSR count). The van der Waals surface area contributed by atoms with E-state index in [-0.39, 0.29) is 41.8 Å². The van der Waals surface area contributed by atoms with E-state index < -0.39 is 12.0 Å². The molecule has 0 unspecified atom stereocenters. The average molecular weight is 490 g/mol. The molecule has 4 atom stereocenters. The number of ether oxygens (including phenoxy) is 1. The smallest absolute Gasteiger partial charge is 0.339 e. The zero-order chi connectivity index (χ0) is 25.9. The first-order chi connectivity index (χ1) is 18.1. The van der Waals surface area contributed by atoms with Gasteiger partial charge in [0.2, 0.25) is 0 Å². The number of nitriles is 2. The van der Waals surface area contributed by atoms with Crippen molar-refractivity contribution in [1.29, 1.82) is 10.5 Å². The zero-order valence-electron chi connectivity index (χ0n) is 20.6. The molecule has 1 saturated heterocycles. The highest BCUT2D eigenvalue weighted by Gasteiger charge is 2.55. The molecule has 6 nitrogen and oxygen atoms in total. The van der Waals surface area contributed by atoms with Gasteiger partial charge in [0.25, 0.3) is 0 Å². The molecule has 0 N–H and O–H groups in total. The van der Waals surface area contributed by atoms with Crippen molar-refractivity contribution in [3.8, 4) is 12.1 Å². The van der Waals surface area contributed by atoms with Crippen LogP contribution in [0.25, 0.3) is 0 Å². The van der Waals surface area contributed by atoms with E-state index in [0.29, 0.717) is 11.1 Å². The van der Waals surface area contributed by atoms with Crippen LogP contribution in [0.4, 0.5) is 0 Å². The molecule has 1 saturated carbocycles. The minimum Gasteiger partial charge on any atom is -0.462 e. The fourth-order valence-corrected chi connectivity index (χ4v) is 5.80. The summed E-state index contributed by atoms with van der Waals surface area (Å²) in [5.41, 5.74) is 2.87. The molecule has 2 aromatic carbocycles. The molecule has 0 aromatic heterocycles. The first-order valence-electron chi connectivity index (χ1n) is 12.6. The Kier molecular flexibility index (Phi) is 6.75. The second kappa shape index (κ2) is 10.3. The summed E-state index contributed by atoms with van der Waals surface area (Å²) in [5, 5.41) is 19.8. The Bertz CT molecular complexity index is 1360. The standard InChI is InChI=1S/C31H27N3O3/c1-2-37-31(36)23-15-16-25-28(26(21-13-14-21)24(17-32)18-33)27(20-9-5-3-6-10-20)29(34(25)19-23)30(35)22-11-7-4-8-12-22/h3-12,15-16,19,21,25,27-29H,2,13-14H2,1H3/t25-,27+,28-,29-/m1/s1. The number of hydrogen-bond acceptors (Lipinski definition) is 6. The van der Waals surface area contributed by atoms with Gasteiger partial charge in [-0.25, -0.2) is 4.79 Å². The van der Waals surface area contributed by atoms with Crippen LogP contribution in [0.2, 0.25) is 0 Å². The Hall–Kier alpha value is -4.42. The largest absolute Gasteiger partial charge is 0.462 e. The highest BCUT2D eigenvalue weighted by molar-refractivity contribution is 6.01.